The molecule has 1 aromatic rings. The molecule has 0 aromatic heterocycles. The minimum Gasteiger partial charge on any atom is -0.379 e. The molecule has 0 spiro atoms. The normalized spacial score (nSPS) is 30.6. The van der Waals surface area contributed by atoms with Gasteiger partial charge >= 0.3 is 0 Å². The summed E-state index contributed by atoms with van der Waals surface area (Å²) in [4.78, 5) is 18.5. The molecule has 0 unspecified atom stereocenters. The molecule has 0 radical (unpaired) electrons. The molecule has 0 bridgehead atoms. The maximum absolute atomic E-state index is 13.5. The molecule has 2 aliphatic heterocycles. The van der Waals surface area contributed by atoms with Crippen molar-refractivity contribution < 1.29 is 13.9 Å². The zero-order chi connectivity index (χ0) is 21.0. The van der Waals surface area contributed by atoms with Crippen LogP contribution in [0.1, 0.15) is 38.2 Å². The quantitative estimate of drug-likeness (QED) is 0.773. The van der Waals surface area contributed by atoms with E-state index in [2.05, 4.69) is 22.0 Å². The molecule has 5 nitrogen and oxygen atoms in total. The number of benzene rings is 1. The van der Waals surface area contributed by atoms with Gasteiger partial charge in [-0.3, -0.25) is 9.69 Å². The molecule has 2 heterocycles. The van der Waals surface area contributed by atoms with Gasteiger partial charge in [-0.25, -0.2) is 4.39 Å². The first-order valence-corrected chi connectivity index (χ1v) is 11.7. The minimum absolute atomic E-state index is 0.211. The highest BCUT2D eigenvalue weighted by Crippen LogP contribution is 2.47. The lowest BCUT2D eigenvalue weighted by atomic mass is 9.61. The number of piperidine rings is 1. The summed E-state index contributed by atoms with van der Waals surface area (Å²) in [6.07, 6.45) is 4.94. The molecule has 2 saturated heterocycles. The van der Waals surface area contributed by atoms with Gasteiger partial charge in [0.25, 0.3) is 0 Å². The van der Waals surface area contributed by atoms with E-state index < -0.39 is 0 Å². The van der Waals surface area contributed by atoms with Crippen molar-refractivity contribution in [3.05, 3.63) is 35.6 Å². The van der Waals surface area contributed by atoms with Crippen LogP contribution in [-0.4, -0.2) is 74.2 Å². The summed E-state index contributed by atoms with van der Waals surface area (Å²) in [5, 5.41) is 3.23. The van der Waals surface area contributed by atoms with Gasteiger partial charge in [0, 0.05) is 32.2 Å². The Morgan fingerprint density at radius 3 is 2.87 bits per heavy atom. The first-order chi connectivity index (χ1) is 14.6. The molecule has 3 atom stereocenters. The van der Waals surface area contributed by atoms with Crippen LogP contribution in [0.5, 0.6) is 0 Å². The number of nitrogens with zero attached hydrogens (tertiary/aromatic N) is 2. The largest absolute Gasteiger partial charge is 0.379 e. The smallest absolute Gasteiger partial charge is 0.227 e. The van der Waals surface area contributed by atoms with Crippen molar-refractivity contribution >= 4 is 5.91 Å². The van der Waals surface area contributed by atoms with E-state index in [-0.39, 0.29) is 17.1 Å². The van der Waals surface area contributed by atoms with Gasteiger partial charge in [0.2, 0.25) is 5.91 Å². The fourth-order valence-corrected chi connectivity index (χ4v) is 5.82. The number of morpholine rings is 1. The van der Waals surface area contributed by atoms with Crippen LogP contribution >= 0.6 is 0 Å². The number of nitrogens with one attached hydrogen (secondary N) is 1. The molecule has 3 fully saturated rings. The van der Waals surface area contributed by atoms with E-state index >= 15 is 0 Å². The second-order valence-electron chi connectivity index (χ2n) is 9.22. The van der Waals surface area contributed by atoms with Crippen LogP contribution in [0.3, 0.4) is 0 Å². The fourth-order valence-electron chi connectivity index (χ4n) is 5.82. The summed E-state index contributed by atoms with van der Waals surface area (Å²) in [6.45, 7) is 9.41. The average Bonchev–Trinajstić information content (AvgIpc) is 2.78. The van der Waals surface area contributed by atoms with E-state index in [1.807, 2.05) is 6.07 Å². The molecule has 30 heavy (non-hydrogen) atoms. The first kappa shape index (κ1) is 21.7. The second kappa shape index (κ2) is 9.75. The van der Waals surface area contributed by atoms with Crippen LogP contribution in [0.2, 0.25) is 0 Å². The maximum atomic E-state index is 13.5. The summed E-state index contributed by atoms with van der Waals surface area (Å²) in [5.74, 6) is 0.434. The Bertz CT molecular complexity index is 724. The molecular formula is C24H36FN3O2. The topological polar surface area (TPSA) is 44.8 Å². The number of carbonyl (C=O) groups excluding carboxylic acids is 1. The summed E-state index contributed by atoms with van der Waals surface area (Å²) in [7, 11) is 0. The first-order valence-electron chi connectivity index (χ1n) is 11.7. The molecule has 3 aliphatic rings. The second-order valence-corrected chi connectivity index (χ2v) is 9.22. The van der Waals surface area contributed by atoms with Gasteiger partial charge in [-0.15, -0.1) is 0 Å². The lowest BCUT2D eigenvalue weighted by Gasteiger charge is -2.53. The highest BCUT2D eigenvalue weighted by atomic mass is 19.1. The van der Waals surface area contributed by atoms with Crippen molar-refractivity contribution in [2.24, 2.45) is 11.3 Å². The van der Waals surface area contributed by atoms with Gasteiger partial charge in [0.1, 0.15) is 5.82 Å². The number of hydrogen-bond donors (Lipinski definition) is 1. The third kappa shape index (κ3) is 4.71. The number of rotatable bonds is 6. The molecular weight excluding hydrogens is 381 g/mol. The third-order valence-corrected chi connectivity index (χ3v) is 7.61. The van der Waals surface area contributed by atoms with Crippen molar-refractivity contribution in [3.63, 3.8) is 0 Å². The highest BCUT2D eigenvalue weighted by molar-refractivity contribution is 5.83. The number of halogens is 1. The Hall–Kier alpha value is -1.50. The Labute approximate surface area is 179 Å². The molecule has 1 saturated carbocycles. The van der Waals surface area contributed by atoms with Gasteiger partial charge in [-0.1, -0.05) is 19.1 Å². The van der Waals surface area contributed by atoms with Crippen LogP contribution in [0.25, 0.3) is 0 Å². The van der Waals surface area contributed by atoms with Gasteiger partial charge in [-0.2, -0.15) is 0 Å². The van der Waals surface area contributed by atoms with E-state index in [1.165, 1.54) is 6.07 Å². The Balaban J connectivity index is 1.41. The molecule has 1 aliphatic carbocycles. The molecule has 1 N–H and O–H groups in total. The van der Waals surface area contributed by atoms with Crippen molar-refractivity contribution in [2.75, 3.05) is 52.5 Å². The van der Waals surface area contributed by atoms with Crippen molar-refractivity contribution in [2.45, 2.75) is 45.1 Å². The highest BCUT2D eigenvalue weighted by Gasteiger charge is 2.52. The predicted molar refractivity (Wildman–Crippen MR) is 116 cm³/mol. The number of carbonyl (C=O) groups is 1. The fraction of sp³-hybridized carbons (Fsp3) is 0.708. The molecule has 1 aromatic carbocycles. The van der Waals surface area contributed by atoms with Crippen LogP contribution in [-0.2, 0) is 16.0 Å². The Morgan fingerprint density at radius 1 is 1.27 bits per heavy atom. The van der Waals surface area contributed by atoms with E-state index in [9.17, 15) is 9.18 Å². The average molecular weight is 418 g/mol. The summed E-state index contributed by atoms with van der Waals surface area (Å²) in [6, 6.07) is 7.25. The third-order valence-electron chi connectivity index (χ3n) is 7.61. The molecule has 1 amide bonds. The lowest BCUT2D eigenvalue weighted by molar-refractivity contribution is -0.144. The summed E-state index contributed by atoms with van der Waals surface area (Å²) < 4.78 is 19.0. The predicted octanol–water partition coefficient (Wildman–Crippen LogP) is 2.70. The Morgan fingerprint density at radius 2 is 2.10 bits per heavy atom. The van der Waals surface area contributed by atoms with Gasteiger partial charge in [-0.05, 0) is 68.8 Å². The number of ether oxygens (including phenoxy) is 1. The summed E-state index contributed by atoms with van der Waals surface area (Å²) in [5.41, 5.74) is 0.651. The SMILES string of the molecule is CCN1CC[C@@H]2C[C@@H](N3CCOCC3)CC[C@@]2(C(=O)NCCc2cccc(F)c2)C1. The number of hydrogen-bond acceptors (Lipinski definition) is 4. The standard InChI is InChI=1S/C24H36FN3O2/c1-2-27-11-8-20-17-22(28-12-14-30-15-13-28)6-9-24(20,18-27)23(29)26-10-7-19-4-3-5-21(25)16-19/h3-5,16,20,22H,2,6-15,17-18H2,1H3,(H,26,29)/t20-,22+,24-/m1/s1. The van der Waals surface area contributed by atoms with E-state index in [0.717, 1.165) is 77.2 Å². The van der Waals surface area contributed by atoms with Gasteiger partial charge in [0.05, 0.1) is 18.6 Å². The Kier molecular flexibility index (Phi) is 7.06. The van der Waals surface area contributed by atoms with Crippen molar-refractivity contribution in [1.29, 1.82) is 0 Å². The van der Waals surface area contributed by atoms with Gasteiger partial charge < -0.3 is 15.0 Å². The van der Waals surface area contributed by atoms with Crippen LogP contribution in [0, 0.1) is 17.2 Å². The van der Waals surface area contributed by atoms with Crippen LogP contribution in [0.4, 0.5) is 4.39 Å². The van der Waals surface area contributed by atoms with Crippen molar-refractivity contribution in [1.82, 2.24) is 15.1 Å². The van der Waals surface area contributed by atoms with Crippen LogP contribution < -0.4 is 5.32 Å². The molecule has 6 heteroatoms. The zero-order valence-corrected chi connectivity index (χ0v) is 18.2. The monoisotopic (exact) mass is 417 g/mol. The number of likely N-dealkylation sites (tertiary alicyclic amines) is 1. The van der Waals surface area contributed by atoms with Crippen LogP contribution in [0.15, 0.2) is 24.3 Å². The number of amides is 1. The maximum Gasteiger partial charge on any atom is 0.227 e. The zero-order valence-electron chi connectivity index (χ0n) is 18.2. The number of fused-ring (bicyclic) bond motifs is 1. The van der Waals surface area contributed by atoms with Gasteiger partial charge in [0.15, 0.2) is 0 Å². The minimum atomic E-state index is -0.279. The molecule has 4 rings (SSSR count). The van der Waals surface area contributed by atoms with Crippen molar-refractivity contribution in [3.8, 4) is 0 Å². The van der Waals surface area contributed by atoms with E-state index in [4.69, 9.17) is 4.74 Å². The summed E-state index contributed by atoms with van der Waals surface area (Å²) >= 11 is 0. The lowest BCUT2D eigenvalue weighted by Crippen LogP contribution is -2.61. The molecule has 166 valence electrons. The van der Waals surface area contributed by atoms with E-state index in [1.54, 1.807) is 12.1 Å². The van der Waals surface area contributed by atoms with E-state index in [0.29, 0.717) is 24.9 Å².